The second-order valence-electron chi connectivity index (χ2n) is 4.74. The zero-order valence-electron chi connectivity index (χ0n) is 11.9. The van der Waals surface area contributed by atoms with Crippen molar-refractivity contribution in [1.82, 2.24) is 0 Å². The van der Waals surface area contributed by atoms with E-state index in [4.69, 9.17) is 51.1 Å². The zero-order chi connectivity index (χ0) is 16.3. The zero-order valence-corrected chi connectivity index (χ0v) is 14.9. The smallest absolute Gasteiger partial charge is 0.337 e. The molecule has 0 amide bonds. The summed E-state index contributed by atoms with van der Waals surface area (Å²) in [5.41, 5.74) is 1.23. The number of carbonyl (C=O) groups is 1. The molecule has 1 aromatic carbocycles. The predicted octanol–water partition coefficient (Wildman–Crippen LogP) is 5.74. The molecule has 0 N–H and O–H groups in total. The third kappa shape index (κ3) is 4.53. The first-order chi connectivity index (χ1) is 9.63. The Morgan fingerprint density at radius 3 is 2.00 bits per heavy atom. The Hall–Kier alpha value is -0.410. The molecule has 1 aromatic rings. The van der Waals surface area contributed by atoms with Crippen molar-refractivity contribution in [3.05, 3.63) is 47.2 Å². The van der Waals surface area contributed by atoms with Gasteiger partial charge in [-0.2, -0.15) is 0 Å². The highest BCUT2D eigenvalue weighted by Gasteiger charge is 2.41. The molecule has 0 saturated heterocycles. The number of ether oxygens (including phenoxy) is 1. The third-order valence-corrected chi connectivity index (χ3v) is 4.10. The molecule has 0 bridgehead atoms. The molecule has 0 aliphatic carbocycles. The Balaban J connectivity index is 3.14. The van der Waals surface area contributed by atoms with Crippen LogP contribution in [0, 0.1) is 0 Å². The van der Waals surface area contributed by atoms with Crippen LogP contribution in [-0.2, 0) is 14.4 Å². The van der Waals surface area contributed by atoms with E-state index in [0.29, 0.717) is 17.6 Å². The molecule has 2 nitrogen and oxygen atoms in total. The van der Waals surface area contributed by atoms with Gasteiger partial charge in [-0.05, 0) is 31.4 Å². The highest BCUT2D eigenvalue weighted by Crippen LogP contribution is 2.40. The second kappa shape index (κ2) is 7.23. The summed E-state index contributed by atoms with van der Waals surface area (Å²) in [5.74, 6) is -0.688. The minimum absolute atomic E-state index is 0.0214. The van der Waals surface area contributed by atoms with Crippen molar-refractivity contribution in [3.8, 4) is 0 Å². The van der Waals surface area contributed by atoms with Gasteiger partial charge in [-0.25, -0.2) is 4.79 Å². The van der Waals surface area contributed by atoms with Gasteiger partial charge < -0.3 is 4.74 Å². The summed E-state index contributed by atoms with van der Waals surface area (Å²) in [6, 6.07) is 8.95. The maximum atomic E-state index is 12.5. The van der Waals surface area contributed by atoms with E-state index in [9.17, 15) is 4.79 Å². The van der Waals surface area contributed by atoms with Crippen molar-refractivity contribution in [1.29, 1.82) is 0 Å². The number of allylic oxidation sites excluding steroid dienone is 2. The number of benzene rings is 1. The SMILES string of the molecule is CC[C@@](Cl)(C(=O)OC(=C(C)C)C(Cl)(Cl)Cl)c1ccccc1. The molecule has 0 heterocycles. The van der Waals surface area contributed by atoms with Crippen LogP contribution in [0.1, 0.15) is 32.8 Å². The van der Waals surface area contributed by atoms with E-state index in [0.717, 1.165) is 0 Å². The van der Waals surface area contributed by atoms with Crippen LogP contribution in [0.25, 0.3) is 0 Å². The van der Waals surface area contributed by atoms with E-state index in [1.54, 1.807) is 45.0 Å². The molecule has 0 unspecified atom stereocenters. The van der Waals surface area contributed by atoms with E-state index < -0.39 is 14.6 Å². The van der Waals surface area contributed by atoms with Gasteiger partial charge in [0.2, 0.25) is 3.79 Å². The highest BCUT2D eigenvalue weighted by molar-refractivity contribution is 6.69. The van der Waals surface area contributed by atoms with Crippen molar-refractivity contribution < 1.29 is 9.53 Å². The van der Waals surface area contributed by atoms with Crippen LogP contribution in [0.5, 0.6) is 0 Å². The van der Waals surface area contributed by atoms with Gasteiger partial charge in [0, 0.05) is 0 Å². The van der Waals surface area contributed by atoms with Crippen LogP contribution in [-0.4, -0.2) is 9.76 Å². The number of alkyl halides is 4. The van der Waals surface area contributed by atoms with Crippen LogP contribution < -0.4 is 0 Å². The first kappa shape index (κ1) is 18.6. The fourth-order valence-corrected chi connectivity index (χ4v) is 2.63. The van der Waals surface area contributed by atoms with Crippen LogP contribution in [0.4, 0.5) is 0 Å². The lowest BCUT2D eigenvalue weighted by Crippen LogP contribution is -2.33. The summed E-state index contributed by atoms with van der Waals surface area (Å²) < 4.78 is 3.48. The maximum absolute atomic E-state index is 12.5. The topological polar surface area (TPSA) is 26.3 Å². The van der Waals surface area contributed by atoms with E-state index in [2.05, 4.69) is 0 Å². The predicted molar refractivity (Wildman–Crippen MR) is 89.0 cm³/mol. The van der Waals surface area contributed by atoms with Crippen LogP contribution in [0.2, 0.25) is 0 Å². The first-order valence-corrected chi connectivity index (χ1v) is 7.85. The summed E-state index contributed by atoms with van der Waals surface area (Å²) in [7, 11) is 0. The van der Waals surface area contributed by atoms with Gasteiger partial charge in [-0.1, -0.05) is 72.1 Å². The maximum Gasteiger partial charge on any atom is 0.337 e. The van der Waals surface area contributed by atoms with Crippen molar-refractivity contribution in [3.63, 3.8) is 0 Å². The fraction of sp³-hybridized carbons (Fsp3) is 0.400. The molecular weight excluding hydrogens is 354 g/mol. The first-order valence-electron chi connectivity index (χ1n) is 6.34. The summed E-state index contributed by atoms with van der Waals surface area (Å²) in [4.78, 5) is 11.2. The summed E-state index contributed by atoms with van der Waals surface area (Å²) in [6.45, 7) is 5.17. The average molecular weight is 370 g/mol. The average Bonchev–Trinajstić information content (AvgIpc) is 2.42. The molecule has 116 valence electrons. The second-order valence-corrected chi connectivity index (χ2v) is 7.66. The molecule has 0 radical (unpaired) electrons. The Morgan fingerprint density at radius 2 is 1.62 bits per heavy atom. The fourth-order valence-electron chi connectivity index (χ4n) is 1.79. The molecule has 0 saturated carbocycles. The minimum Gasteiger partial charge on any atom is -0.425 e. The monoisotopic (exact) mass is 368 g/mol. The summed E-state index contributed by atoms with van der Waals surface area (Å²) >= 11 is 24.0. The lowest BCUT2D eigenvalue weighted by atomic mass is 9.95. The molecule has 0 aliphatic heterocycles. The van der Waals surface area contributed by atoms with Crippen LogP contribution in [0.3, 0.4) is 0 Å². The molecule has 6 heteroatoms. The van der Waals surface area contributed by atoms with Gasteiger partial charge in [0.05, 0.1) is 0 Å². The summed E-state index contributed by atoms with van der Waals surface area (Å²) in [5, 5.41) is 0. The van der Waals surface area contributed by atoms with Crippen LogP contribution in [0.15, 0.2) is 41.7 Å². The van der Waals surface area contributed by atoms with Gasteiger partial charge in [-0.15, -0.1) is 11.6 Å². The van der Waals surface area contributed by atoms with Crippen molar-refractivity contribution >= 4 is 52.4 Å². The van der Waals surface area contributed by atoms with Crippen molar-refractivity contribution in [2.45, 2.75) is 35.9 Å². The van der Waals surface area contributed by atoms with Crippen molar-refractivity contribution in [2.75, 3.05) is 0 Å². The van der Waals surface area contributed by atoms with E-state index in [1.165, 1.54) is 0 Å². The lowest BCUT2D eigenvalue weighted by molar-refractivity contribution is -0.143. The van der Waals surface area contributed by atoms with Gasteiger partial charge in [0.25, 0.3) is 0 Å². The van der Waals surface area contributed by atoms with Gasteiger partial charge >= 0.3 is 5.97 Å². The molecule has 21 heavy (non-hydrogen) atoms. The van der Waals surface area contributed by atoms with E-state index in [1.807, 2.05) is 6.07 Å². The molecule has 0 fully saturated rings. The standard InChI is InChI=1S/C15H16Cl4O2/c1-4-14(16,11-8-6-5-7-9-11)13(20)21-12(10(2)3)15(17,18)19/h5-9H,4H2,1-3H3/t14-/m0/s1. The van der Waals surface area contributed by atoms with Crippen molar-refractivity contribution in [2.24, 2.45) is 0 Å². The largest absolute Gasteiger partial charge is 0.425 e. The van der Waals surface area contributed by atoms with Gasteiger partial charge in [0.15, 0.2) is 10.6 Å². The molecule has 1 rings (SSSR count). The third-order valence-electron chi connectivity index (χ3n) is 2.95. The van der Waals surface area contributed by atoms with Gasteiger partial charge in [0.1, 0.15) is 0 Å². The number of hydrogen-bond acceptors (Lipinski definition) is 2. The lowest BCUT2D eigenvalue weighted by Gasteiger charge is -2.26. The number of carbonyl (C=O) groups excluding carboxylic acids is 1. The number of hydrogen-bond donors (Lipinski definition) is 0. The summed E-state index contributed by atoms with van der Waals surface area (Å²) in [6.07, 6.45) is 0.341. The number of esters is 1. The van der Waals surface area contributed by atoms with Gasteiger partial charge in [-0.3, -0.25) is 0 Å². The number of rotatable bonds is 4. The molecule has 1 atom stereocenters. The Bertz CT molecular complexity index is 530. The highest BCUT2D eigenvalue weighted by atomic mass is 35.6. The van der Waals surface area contributed by atoms with E-state index >= 15 is 0 Å². The quantitative estimate of drug-likeness (QED) is 0.384. The van der Waals surface area contributed by atoms with E-state index in [-0.39, 0.29) is 5.76 Å². The molecule has 0 aromatic heterocycles. The molecular formula is C15H16Cl4O2. The van der Waals surface area contributed by atoms with Crippen LogP contribution >= 0.6 is 46.4 Å². The Kier molecular flexibility index (Phi) is 6.42. The minimum atomic E-state index is -1.82. The molecule has 0 spiro atoms. The number of halogens is 4. The molecule has 0 aliphatic rings. The Morgan fingerprint density at radius 1 is 1.10 bits per heavy atom. The normalized spacial score (nSPS) is 14.2. The Labute approximate surface area is 145 Å².